The summed E-state index contributed by atoms with van der Waals surface area (Å²) in [6, 6.07) is 0. The molecule has 0 fully saturated rings. The molecule has 0 amide bonds. The van der Waals surface area contributed by atoms with Gasteiger partial charge < -0.3 is 14.6 Å². The predicted octanol–water partition coefficient (Wildman–Crippen LogP) is 4.31. The highest BCUT2D eigenvalue weighted by atomic mass is 16.5. The molecule has 1 N–H and O–H groups in total. The van der Waals surface area contributed by atoms with Crippen LogP contribution in [0.25, 0.3) is 0 Å². The summed E-state index contributed by atoms with van der Waals surface area (Å²) < 4.78 is 10.8. The second kappa shape index (κ2) is 15.3. The van der Waals surface area contributed by atoms with Crippen molar-refractivity contribution >= 4 is 5.97 Å². The normalized spacial score (nSPS) is 13.2. The van der Waals surface area contributed by atoms with Crippen molar-refractivity contribution in [2.24, 2.45) is 0 Å². The molecule has 1 rings (SSSR count). The summed E-state index contributed by atoms with van der Waals surface area (Å²) in [7, 11) is 1.00. The molecule has 0 heterocycles. The van der Waals surface area contributed by atoms with Gasteiger partial charge in [0.1, 0.15) is 5.76 Å². The number of ether oxygens (including phenoxy) is 2. The molecule has 0 unspecified atom stereocenters. The largest absolute Gasteiger partial charge is 0.494 e. The van der Waals surface area contributed by atoms with E-state index in [-0.39, 0.29) is 5.97 Å². The maximum Gasteiger partial charge on any atom is 0.337 e. The number of unbranched alkanes of at least 4 members (excludes halogenated alkanes) is 5. The molecule has 1 aliphatic rings. The van der Waals surface area contributed by atoms with Crippen LogP contribution in [0.15, 0.2) is 35.6 Å². The van der Waals surface area contributed by atoms with Gasteiger partial charge in [0.15, 0.2) is 0 Å². The molecule has 0 aromatic rings. The highest BCUT2D eigenvalue weighted by molar-refractivity contribution is 5.91. The Bertz CT molecular complexity index is 394. The molecule has 0 aromatic heterocycles. The molecule has 0 aromatic carbocycles. The summed E-state index contributed by atoms with van der Waals surface area (Å²) in [4.78, 5) is 11.8. The van der Waals surface area contributed by atoms with E-state index >= 15 is 0 Å². The molecule has 132 valence electrons. The maximum atomic E-state index is 11.8. The zero-order valence-corrected chi connectivity index (χ0v) is 14.8. The zero-order chi connectivity index (χ0) is 17.3. The Morgan fingerprint density at radius 2 is 1.83 bits per heavy atom. The van der Waals surface area contributed by atoms with E-state index in [2.05, 4.69) is 6.92 Å². The first-order chi connectivity index (χ1) is 11.3. The minimum atomic E-state index is -0.276. The second-order valence-corrected chi connectivity index (χ2v) is 5.18. The van der Waals surface area contributed by atoms with Crippen molar-refractivity contribution in [3.63, 3.8) is 0 Å². The highest BCUT2D eigenvalue weighted by Crippen LogP contribution is 2.15. The Morgan fingerprint density at radius 3 is 2.52 bits per heavy atom. The van der Waals surface area contributed by atoms with E-state index in [9.17, 15) is 4.79 Å². The quantitative estimate of drug-likeness (QED) is 0.481. The Balaban J connectivity index is 0.00000232. The number of esters is 1. The highest BCUT2D eigenvalue weighted by Gasteiger charge is 2.10. The van der Waals surface area contributed by atoms with Crippen LogP contribution in [0.2, 0.25) is 0 Å². The fourth-order valence-corrected chi connectivity index (χ4v) is 2.16. The van der Waals surface area contributed by atoms with Gasteiger partial charge in [0.2, 0.25) is 0 Å². The van der Waals surface area contributed by atoms with Gasteiger partial charge in [-0.05, 0) is 31.9 Å². The first kappa shape index (κ1) is 21.4. The Kier molecular flexibility index (Phi) is 14.3. The number of rotatable bonds is 10. The molecule has 0 radical (unpaired) electrons. The number of aliphatic hydroxyl groups excluding tert-OH is 1. The lowest BCUT2D eigenvalue weighted by atomic mass is 10.1. The van der Waals surface area contributed by atoms with Gasteiger partial charge in [0.25, 0.3) is 0 Å². The summed E-state index contributed by atoms with van der Waals surface area (Å²) in [5.41, 5.74) is 0.583. The maximum absolute atomic E-state index is 11.8. The van der Waals surface area contributed by atoms with Crippen molar-refractivity contribution in [1.82, 2.24) is 0 Å². The molecule has 23 heavy (non-hydrogen) atoms. The molecular formula is C19H32O4. The van der Waals surface area contributed by atoms with Gasteiger partial charge in [0.05, 0.1) is 18.8 Å². The van der Waals surface area contributed by atoms with Gasteiger partial charge >= 0.3 is 5.97 Å². The third kappa shape index (κ3) is 10.7. The number of carbonyl (C=O) groups is 1. The lowest BCUT2D eigenvalue weighted by molar-refractivity contribution is -0.138. The van der Waals surface area contributed by atoms with Gasteiger partial charge in [-0.25, -0.2) is 4.79 Å². The molecule has 4 heteroatoms. The van der Waals surface area contributed by atoms with Gasteiger partial charge in [-0.2, -0.15) is 0 Å². The van der Waals surface area contributed by atoms with Crippen LogP contribution in [0.1, 0.15) is 58.8 Å². The summed E-state index contributed by atoms with van der Waals surface area (Å²) in [5, 5.41) is 7.00. The molecule has 0 atom stereocenters. The lowest BCUT2D eigenvalue weighted by Gasteiger charge is -2.07. The van der Waals surface area contributed by atoms with Crippen LogP contribution in [-0.4, -0.2) is 31.4 Å². The second-order valence-electron chi connectivity index (χ2n) is 5.18. The van der Waals surface area contributed by atoms with Gasteiger partial charge in [-0.15, -0.1) is 0 Å². The first-order valence-electron chi connectivity index (χ1n) is 8.61. The van der Waals surface area contributed by atoms with Crippen molar-refractivity contribution in [3.05, 3.63) is 35.6 Å². The summed E-state index contributed by atoms with van der Waals surface area (Å²) in [5.74, 6) is 0.474. The van der Waals surface area contributed by atoms with Crippen LogP contribution in [0.3, 0.4) is 0 Å². The molecule has 0 saturated heterocycles. The summed E-state index contributed by atoms with van der Waals surface area (Å²) in [6.07, 6.45) is 15.8. The lowest BCUT2D eigenvalue weighted by Crippen LogP contribution is -2.06. The van der Waals surface area contributed by atoms with Crippen molar-refractivity contribution < 1.29 is 19.4 Å². The molecule has 0 spiro atoms. The SMILES string of the molecule is CCCCCCCCOC1=CC(C(=O)OCC)=CCC=C1.CO. The summed E-state index contributed by atoms with van der Waals surface area (Å²) in [6.45, 7) is 5.14. The Morgan fingerprint density at radius 1 is 1.13 bits per heavy atom. The van der Waals surface area contributed by atoms with Crippen LogP contribution in [0.4, 0.5) is 0 Å². The monoisotopic (exact) mass is 324 g/mol. The Labute approximate surface area is 140 Å². The van der Waals surface area contributed by atoms with Crippen molar-refractivity contribution in [2.45, 2.75) is 58.8 Å². The third-order valence-electron chi connectivity index (χ3n) is 3.33. The molecule has 0 aliphatic heterocycles. The van der Waals surface area contributed by atoms with Crippen LogP contribution in [0, 0.1) is 0 Å². The fourth-order valence-electron chi connectivity index (χ4n) is 2.16. The van der Waals surface area contributed by atoms with E-state index in [0.29, 0.717) is 18.8 Å². The van der Waals surface area contributed by atoms with Gasteiger partial charge in [-0.3, -0.25) is 0 Å². The molecule has 4 nitrogen and oxygen atoms in total. The molecule has 1 aliphatic carbocycles. The number of aliphatic hydroxyl groups is 1. The fraction of sp³-hybridized carbons (Fsp3) is 0.632. The number of hydrogen-bond donors (Lipinski definition) is 1. The number of allylic oxidation sites excluding steroid dienone is 3. The molecule has 0 bridgehead atoms. The van der Waals surface area contributed by atoms with E-state index < -0.39 is 0 Å². The van der Waals surface area contributed by atoms with E-state index in [1.807, 2.05) is 25.2 Å². The van der Waals surface area contributed by atoms with Crippen LogP contribution < -0.4 is 0 Å². The first-order valence-corrected chi connectivity index (χ1v) is 8.61. The predicted molar refractivity (Wildman–Crippen MR) is 94.0 cm³/mol. The minimum absolute atomic E-state index is 0.276. The summed E-state index contributed by atoms with van der Waals surface area (Å²) >= 11 is 0. The van der Waals surface area contributed by atoms with Crippen LogP contribution in [0.5, 0.6) is 0 Å². The standard InChI is InChI=1S/C18H28O3.CH4O/c1-3-5-6-7-8-11-14-21-17-13-10-9-12-16(15-17)18(19)20-4-2;1-2/h10,12-13,15H,3-9,11,14H2,1-2H3;2H,1H3. The Hall–Kier alpha value is -1.55. The van der Waals surface area contributed by atoms with Gasteiger partial charge in [0, 0.05) is 7.11 Å². The van der Waals surface area contributed by atoms with E-state index in [1.54, 1.807) is 6.08 Å². The minimum Gasteiger partial charge on any atom is -0.494 e. The smallest absolute Gasteiger partial charge is 0.337 e. The third-order valence-corrected chi connectivity index (χ3v) is 3.33. The molecular weight excluding hydrogens is 292 g/mol. The topological polar surface area (TPSA) is 55.8 Å². The average Bonchev–Trinajstić information content (AvgIpc) is 2.82. The molecule has 0 saturated carbocycles. The average molecular weight is 324 g/mol. The number of hydrogen-bond acceptors (Lipinski definition) is 4. The zero-order valence-electron chi connectivity index (χ0n) is 14.8. The van der Waals surface area contributed by atoms with Crippen molar-refractivity contribution in [2.75, 3.05) is 20.3 Å². The van der Waals surface area contributed by atoms with Crippen molar-refractivity contribution in [3.8, 4) is 0 Å². The van der Waals surface area contributed by atoms with Gasteiger partial charge in [-0.1, -0.05) is 51.2 Å². The number of carbonyl (C=O) groups excluding carboxylic acids is 1. The van der Waals surface area contributed by atoms with Crippen molar-refractivity contribution in [1.29, 1.82) is 0 Å². The van der Waals surface area contributed by atoms with E-state index in [4.69, 9.17) is 14.6 Å². The van der Waals surface area contributed by atoms with E-state index in [1.165, 1.54) is 32.1 Å². The van der Waals surface area contributed by atoms with Crippen LogP contribution in [-0.2, 0) is 14.3 Å². The van der Waals surface area contributed by atoms with E-state index in [0.717, 1.165) is 25.7 Å². The van der Waals surface area contributed by atoms with Crippen LogP contribution >= 0.6 is 0 Å².